The molecule has 0 aromatic carbocycles. The summed E-state index contributed by atoms with van der Waals surface area (Å²) in [4.78, 5) is 6.86. The smallest absolute Gasteiger partial charge is 0.0637 e. The second kappa shape index (κ2) is 9.00. The van der Waals surface area contributed by atoms with Crippen LogP contribution in [0.5, 0.6) is 0 Å². The van der Waals surface area contributed by atoms with Crippen LogP contribution in [-0.4, -0.2) is 37.8 Å². The predicted octanol–water partition coefficient (Wildman–Crippen LogP) is 3.00. The van der Waals surface area contributed by atoms with Gasteiger partial charge in [0.1, 0.15) is 0 Å². The molecule has 120 valence electrons. The van der Waals surface area contributed by atoms with E-state index in [9.17, 15) is 0 Å². The maximum atomic E-state index is 5.25. The normalized spacial score (nSPS) is 11.4. The molecule has 1 aromatic rings. The summed E-state index contributed by atoms with van der Waals surface area (Å²) >= 11 is 0. The minimum atomic E-state index is 0.436. The van der Waals surface area contributed by atoms with Gasteiger partial charge in [0, 0.05) is 49.4 Å². The van der Waals surface area contributed by atoms with Crippen molar-refractivity contribution in [3.63, 3.8) is 0 Å². The molecule has 4 nitrogen and oxygen atoms in total. The van der Waals surface area contributed by atoms with Gasteiger partial charge in [-0.15, -0.1) is 0 Å². The highest BCUT2D eigenvalue weighted by molar-refractivity contribution is 5.54. The molecule has 0 atom stereocenters. The number of anilines is 1. The Kier molecular flexibility index (Phi) is 7.68. The van der Waals surface area contributed by atoms with Crippen molar-refractivity contribution >= 4 is 5.69 Å². The fraction of sp³-hybridized carbons (Fsp3) is 0.706. The van der Waals surface area contributed by atoms with Crippen molar-refractivity contribution in [2.45, 2.75) is 47.2 Å². The van der Waals surface area contributed by atoms with Gasteiger partial charge in [-0.05, 0) is 39.3 Å². The van der Waals surface area contributed by atoms with E-state index in [0.29, 0.717) is 12.0 Å². The fourth-order valence-corrected chi connectivity index (χ4v) is 2.32. The van der Waals surface area contributed by atoms with E-state index in [1.807, 2.05) is 13.1 Å². The van der Waals surface area contributed by atoms with Gasteiger partial charge in [0.25, 0.3) is 0 Å². The average Bonchev–Trinajstić information content (AvgIpc) is 2.40. The maximum absolute atomic E-state index is 5.25. The van der Waals surface area contributed by atoms with E-state index in [1.165, 1.54) is 11.3 Å². The summed E-state index contributed by atoms with van der Waals surface area (Å²) in [6.45, 7) is 14.4. The summed E-state index contributed by atoms with van der Waals surface area (Å²) in [6.07, 6.45) is 2.00. The first-order valence-electron chi connectivity index (χ1n) is 7.87. The Hall–Kier alpha value is -1.13. The number of rotatable bonds is 9. The van der Waals surface area contributed by atoms with E-state index in [-0.39, 0.29) is 0 Å². The van der Waals surface area contributed by atoms with Crippen LogP contribution in [0.2, 0.25) is 0 Å². The third-order valence-corrected chi connectivity index (χ3v) is 3.44. The monoisotopic (exact) mass is 293 g/mol. The number of nitrogens with zero attached hydrogens (tertiary/aromatic N) is 2. The second-order valence-electron chi connectivity index (χ2n) is 6.26. The molecule has 0 saturated heterocycles. The molecule has 0 aliphatic heterocycles. The van der Waals surface area contributed by atoms with Gasteiger partial charge in [0.15, 0.2) is 0 Å². The lowest BCUT2D eigenvalue weighted by Crippen LogP contribution is -2.35. The van der Waals surface area contributed by atoms with Crippen LogP contribution in [0.15, 0.2) is 12.3 Å². The van der Waals surface area contributed by atoms with Crippen molar-refractivity contribution in [2.75, 3.05) is 31.7 Å². The Labute approximate surface area is 129 Å². The average molecular weight is 293 g/mol. The van der Waals surface area contributed by atoms with Crippen LogP contribution in [-0.2, 0) is 11.3 Å². The number of hydrogen-bond acceptors (Lipinski definition) is 4. The Morgan fingerprint density at radius 2 is 2.00 bits per heavy atom. The van der Waals surface area contributed by atoms with Gasteiger partial charge in [-0.25, -0.2) is 0 Å². The van der Waals surface area contributed by atoms with Crippen LogP contribution >= 0.6 is 0 Å². The molecule has 0 fully saturated rings. The molecule has 0 amide bonds. The Morgan fingerprint density at radius 3 is 2.57 bits per heavy atom. The van der Waals surface area contributed by atoms with Crippen molar-refractivity contribution in [1.29, 1.82) is 0 Å². The zero-order chi connectivity index (χ0) is 15.8. The molecule has 4 heteroatoms. The second-order valence-corrected chi connectivity index (χ2v) is 6.26. The molecule has 0 aliphatic carbocycles. The van der Waals surface area contributed by atoms with E-state index in [4.69, 9.17) is 4.74 Å². The van der Waals surface area contributed by atoms with Crippen LogP contribution in [0.3, 0.4) is 0 Å². The third kappa shape index (κ3) is 6.02. The molecule has 0 radical (unpaired) electrons. The Balaban J connectivity index is 2.92. The van der Waals surface area contributed by atoms with Gasteiger partial charge in [-0.3, -0.25) is 4.98 Å². The van der Waals surface area contributed by atoms with E-state index in [2.05, 4.69) is 49.0 Å². The molecule has 1 N–H and O–H groups in total. The summed E-state index contributed by atoms with van der Waals surface area (Å²) in [6, 6.07) is 2.62. The molecule has 0 spiro atoms. The minimum absolute atomic E-state index is 0.436. The first-order valence-corrected chi connectivity index (χ1v) is 7.87. The van der Waals surface area contributed by atoms with Gasteiger partial charge in [-0.1, -0.05) is 13.8 Å². The molecule has 1 aromatic heterocycles. The van der Waals surface area contributed by atoms with E-state index < -0.39 is 0 Å². The van der Waals surface area contributed by atoms with E-state index in [0.717, 1.165) is 31.9 Å². The largest absolute Gasteiger partial charge is 0.383 e. The molecule has 0 bridgehead atoms. The minimum Gasteiger partial charge on any atom is -0.383 e. The molecular formula is C17H31N3O. The lowest BCUT2D eigenvalue weighted by Gasteiger charge is -2.31. The zero-order valence-electron chi connectivity index (χ0n) is 14.4. The quantitative estimate of drug-likeness (QED) is 0.759. The number of pyridine rings is 1. The summed E-state index contributed by atoms with van der Waals surface area (Å²) < 4.78 is 5.25. The standard InChI is InChI=1S/C17H31N3O/c1-13(2)10-18-11-16-12-19-15(5)9-17(16)20(14(3)4)7-8-21-6/h9,12-14,18H,7-8,10-11H2,1-6H3. The number of hydrogen-bond donors (Lipinski definition) is 1. The van der Waals surface area contributed by atoms with Gasteiger partial charge in [0.2, 0.25) is 0 Å². The maximum Gasteiger partial charge on any atom is 0.0637 e. The molecule has 1 heterocycles. The van der Waals surface area contributed by atoms with Crippen molar-refractivity contribution in [2.24, 2.45) is 5.92 Å². The summed E-state index contributed by atoms with van der Waals surface area (Å²) in [5.74, 6) is 0.654. The van der Waals surface area contributed by atoms with Crippen LogP contribution in [0, 0.1) is 12.8 Å². The number of aryl methyl sites for hydroxylation is 1. The van der Waals surface area contributed by atoms with Gasteiger partial charge < -0.3 is 15.0 Å². The summed E-state index contributed by atoms with van der Waals surface area (Å²) in [5, 5.41) is 3.51. The van der Waals surface area contributed by atoms with Gasteiger partial charge >= 0.3 is 0 Å². The SMILES string of the molecule is COCCN(c1cc(C)ncc1CNCC(C)C)C(C)C. The molecule has 0 aliphatic rings. The van der Waals surface area contributed by atoms with Crippen molar-refractivity contribution in [1.82, 2.24) is 10.3 Å². The van der Waals surface area contributed by atoms with E-state index >= 15 is 0 Å². The number of methoxy groups -OCH3 is 1. The Morgan fingerprint density at radius 1 is 1.29 bits per heavy atom. The van der Waals surface area contributed by atoms with Crippen molar-refractivity contribution in [3.05, 3.63) is 23.5 Å². The number of ether oxygens (including phenoxy) is 1. The van der Waals surface area contributed by atoms with Gasteiger partial charge in [-0.2, -0.15) is 0 Å². The van der Waals surface area contributed by atoms with Crippen LogP contribution in [0.4, 0.5) is 5.69 Å². The number of nitrogens with one attached hydrogen (secondary N) is 1. The predicted molar refractivity (Wildman–Crippen MR) is 89.9 cm³/mol. The zero-order valence-corrected chi connectivity index (χ0v) is 14.4. The lowest BCUT2D eigenvalue weighted by atomic mass is 10.1. The molecule has 21 heavy (non-hydrogen) atoms. The van der Waals surface area contributed by atoms with E-state index in [1.54, 1.807) is 7.11 Å². The highest BCUT2D eigenvalue weighted by Gasteiger charge is 2.15. The molecule has 0 saturated carbocycles. The summed E-state index contributed by atoms with van der Waals surface area (Å²) in [7, 11) is 1.75. The molecule has 0 unspecified atom stereocenters. The van der Waals surface area contributed by atoms with Crippen LogP contribution in [0.1, 0.15) is 39.0 Å². The van der Waals surface area contributed by atoms with Crippen LogP contribution in [0.25, 0.3) is 0 Å². The van der Waals surface area contributed by atoms with Crippen LogP contribution < -0.4 is 10.2 Å². The Bertz CT molecular complexity index is 418. The molecule has 1 rings (SSSR count). The van der Waals surface area contributed by atoms with Gasteiger partial charge in [0.05, 0.1) is 6.61 Å². The van der Waals surface area contributed by atoms with Crippen molar-refractivity contribution in [3.8, 4) is 0 Å². The summed E-state index contributed by atoms with van der Waals surface area (Å²) in [5.41, 5.74) is 3.58. The highest BCUT2D eigenvalue weighted by atomic mass is 16.5. The molecular weight excluding hydrogens is 262 g/mol. The first kappa shape index (κ1) is 17.9. The van der Waals surface area contributed by atoms with Crippen molar-refractivity contribution < 1.29 is 4.74 Å². The lowest BCUT2D eigenvalue weighted by molar-refractivity contribution is 0.203. The first-order chi connectivity index (χ1) is 9.95. The highest BCUT2D eigenvalue weighted by Crippen LogP contribution is 2.23. The third-order valence-electron chi connectivity index (χ3n) is 3.44. The number of aromatic nitrogens is 1. The fourth-order valence-electron chi connectivity index (χ4n) is 2.32. The topological polar surface area (TPSA) is 37.4 Å².